The molecule has 68 valence electrons. The second-order valence-electron chi connectivity index (χ2n) is 1.75. The molecule has 0 radical (unpaired) electrons. The van der Waals surface area contributed by atoms with Crippen molar-refractivity contribution in [2.45, 2.75) is 6.61 Å². The smallest absolute Gasteiger partial charge is 0.226 e. The van der Waals surface area contributed by atoms with Gasteiger partial charge in [0, 0.05) is 13.2 Å². The van der Waals surface area contributed by atoms with Crippen molar-refractivity contribution in [3.8, 4) is 5.75 Å². The lowest BCUT2D eigenvalue weighted by atomic mass is 10.4. The Morgan fingerprint density at radius 2 is 2.08 bits per heavy atom. The maximum absolute atomic E-state index is 10.6. The topological polar surface area (TPSA) is 90.9 Å². The lowest BCUT2D eigenvalue weighted by molar-refractivity contribution is 0.241. The summed E-state index contributed by atoms with van der Waals surface area (Å²) in [5, 5.41) is 24.1. The van der Waals surface area contributed by atoms with Crippen molar-refractivity contribution >= 4 is 0 Å². The van der Waals surface area contributed by atoms with Crippen LogP contribution in [0.2, 0.25) is 0 Å². The van der Waals surface area contributed by atoms with Crippen LogP contribution in [0.1, 0.15) is 5.76 Å². The summed E-state index contributed by atoms with van der Waals surface area (Å²) >= 11 is 0. The minimum Gasteiger partial charge on any atom is -0.502 e. The van der Waals surface area contributed by atoms with E-state index in [4.69, 9.17) is 15.3 Å². The van der Waals surface area contributed by atoms with Gasteiger partial charge in [-0.3, -0.25) is 4.79 Å². The first-order valence-corrected chi connectivity index (χ1v) is 3.10. The Kier molecular flexibility index (Phi) is 4.75. The van der Waals surface area contributed by atoms with Crippen LogP contribution < -0.4 is 5.43 Å². The minimum atomic E-state index is -0.546. The Labute approximate surface area is 68.5 Å². The van der Waals surface area contributed by atoms with E-state index in [1.165, 1.54) is 0 Å². The average molecular weight is 174 g/mol. The van der Waals surface area contributed by atoms with Crippen molar-refractivity contribution in [2.24, 2.45) is 0 Å². The van der Waals surface area contributed by atoms with Gasteiger partial charge in [0.1, 0.15) is 18.6 Å². The van der Waals surface area contributed by atoms with Crippen molar-refractivity contribution in [3.63, 3.8) is 0 Å². The van der Waals surface area contributed by atoms with Crippen LogP contribution in [0.15, 0.2) is 21.5 Å². The molecule has 1 aromatic rings. The first-order valence-electron chi connectivity index (χ1n) is 3.10. The molecule has 0 saturated carbocycles. The standard InChI is InChI=1S/C6H6O4.CH4O/c7-2-4-1-5(8)6(9)3-10-4;1-2/h1,3,7,9H,2H2;2H,1H3. The van der Waals surface area contributed by atoms with Crippen molar-refractivity contribution in [1.82, 2.24) is 0 Å². The fraction of sp³-hybridized carbons (Fsp3) is 0.286. The van der Waals surface area contributed by atoms with E-state index in [0.717, 1.165) is 19.4 Å². The van der Waals surface area contributed by atoms with Crippen LogP contribution in [0, 0.1) is 0 Å². The van der Waals surface area contributed by atoms with Crippen molar-refractivity contribution in [1.29, 1.82) is 0 Å². The molecule has 0 bridgehead atoms. The van der Waals surface area contributed by atoms with Crippen molar-refractivity contribution in [3.05, 3.63) is 28.3 Å². The van der Waals surface area contributed by atoms with Crippen molar-refractivity contribution < 1.29 is 19.7 Å². The van der Waals surface area contributed by atoms with Crippen LogP contribution in [-0.4, -0.2) is 22.4 Å². The number of hydrogen-bond acceptors (Lipinski definition) is 5. The summed E-state index contributed by atoms with van der Waals surface area (Å²) in [5.74, 6) is -0.306. The third-order valence-electron chi connectivity index (χ3n) is 1.02. The number of aliphatic hydroxyl groups excluding tert-OH is 2. The lowest BCUT2D eigenvalue weighted by Gasteiger charge is -1.92. The van der Waals surface area contributed by atoms with Gasteiger partial charge in [0.05, 0.1) is 0 Å². The Morgan fingerprint density at radius 3 is 2.50 bits per heavy atom. The van der Waals surface area contributed by atoms with E-state index < -0.39 is 11.2 Å². The summed E-state index contributed by atoms with van der Waals surface area (Å²) in [5.41, 5.74) is -0.546. The van der Waals surface area contributed by atoms with Gasteiger partial charge in [0.15, 0.2) is 5.75 Å². The maximum atomic E-state index is 10.6. The highest BCUT2D eigenvalue weighted by molar-refractivity contribution is 5.14. The van der Waals surface area contributed by atoms with E-state index in [9.17, 15) is 4.79 Å². The largest absolute Gasteiger partial charge is 0.502 e. The zero-order valence-electron chi connectivity index (χ0n) is 6.52. The van der Waals surface area contributed by atoms with E-state index in [1.54, 1.807) is 0 Å². The Balaban J connectivity index is 0.000000561. The van der Waals surface area contributed by atoms with Crippen molar-refractivity contribution in [2.75, 3.05) is 7.11 Å². The molecule has 0 aliphatic rings. The zero-order valence-corrected chi connectivity index (χ0v) is 6.52. The molecule has 0 aliphatic heterocycles. The van der Waals surface area contributed by atoms with Gasteiger partial charge < -0.3 is 19.7 Å². The summed E-state index contributed by atoms with van der Waals surface area (Å²) < 4.78 is 4.59. The van der Waals surface area contributed by atoms with Gasteiger partial charge in [-0.05, 0) is 0 Å². The Bertz CT molecular complexity index is 277. The van der Waals surface area contributed by atoms with E-state index >= 15 is 0 Å². The van der Waals surface area contributed by atoms with Crippen LogP contribution >= 0.6 is 0 Å². The SMILES string of the molecule is CO.O=c1cc(CO)occ1O. The number of aliphatic hydroxyl groups is 2. The highest BCUT2D eigenvalue weighted by atomic mass is 16.4. The van der Waals surface area contributed by atoms with E-state index in [1.807, 2.05) is 0 Å². The molecule has 0 saturated heterocycles. The fourth-order valence-corrected chi connectivity index (χ4v) is 0.527. The first kappa shape index (κ1) is 10.7. The molecule has 5 nitrogen and oxygen atoms in total. The van der Waals surface area contributed by atoms with Gasteiger partial charge in [-0.2, -0.15) is 0 Å². The molecule has 3 N–H and O–H groups in total. The molecule has 0 aliphatic carbocycles. The molecule has 12 heavy (non-hydrogen) atoms. The molecule has 0 atom stereocenters. The van der Waals surface area contributed by atoms with Gasteiger partial charge in [0.2, 0.25) is 5.43 Å². The molecule has 0 spiro atoms. The quantitative estimate of drug-likeness (QED) is 0.531. The average Bonchev–Trinajstić information content (AvgIpc) is 2.13. The van der Waals surface area contributed by atoms with Gasteiger partial charge >= 0.3 is 0 Å². The monoisotopic (exact) mass is 174 g/mol. The fourth-order valence-electron chi connectivity index (χ4n) is 0.527. The van der Waals surface area contributed by atoms with Crippen LogP contribution in [0.3, 0.4) is 0 Å². The normalized spacial score (nSPS) is 8.58. The highest BCUT2D eigenvalue weighted by Crippen LogP contribution is 2.01. The number of aromatic hydroxyl groups is 1. The Hall–Kier alpha value is -1.33. The second-order valence-corrected chi connectivity index (χ2v) is 1.75. The zero-order chi connectivity index (χ0) is 9.56. The summed E-state index contributed by atoms with van der Waals surface area (Å²) in [6, 6.07) is 1.04. The predicted molar refractivity (Wildman–Crippen MR) is 40.7 cm³/mol. The van der Waals surface area contributed by atoms with Gasteiger partial charge in [0.25, 0.3) is 0 Å². The molecule has 1 aromatic heterocycles. The Morgan fingerprint density at radius 1 is 1.50 bits per heavy atom. The maximum Gasteiger partial charge on any atom is 0.226 e. The molecule has 0 unspecified atom stereocenters. The number of hydrogen-bond donors (Lipinski definition) is 3. The summed E-state index contributed by atoms with van der Waals surface area (Å²) in [4.78, 5) is 10.6. The summed E-state index contributed by atoms with van der Waals surface area (Å²) in [6.45, 7) is -0.338. The van der Waals surface area contributed by atoms with E-state index in [2.05, 4.69) is 4.42 Å². The second kappa shape index (κ2) is 5.34. The van der Waals surface area contributed by atoms with Gasteiger partial charge in [-0.25, -0.2) is 0 Å². The molecule has 5 heteroatoms. The molecule has 1 rings (SSSR count). The minimum absolute atomic E-state index is 0.141. The van der Waals surface area contributed by atoms with Gasteiger partial charge in [-0.1, -0.05) is 0 Å². The van der Waals surface area contributed by atoms with Gasteiger partial charge in [-0.15, -0.1) is 0 Å². The van der Waals surface area contributed by atoms with Crippen LogP contribution in [-0.2, 0) is 6.61 Å². The molecule has 0 aromatic carbocycles. The van der Waals surface area contributed by atoms with E-state index in [-0.39, 0.29) is 12.4 Å². The number of rotatable bonds is 1. The summed E-state index contributed by atoms with van der Waals surface area (Å²) in [6.07, 6.45) is 0.897. The van der Waals surface area contributed by atoms with Crippen LogP contribution in [0.4, 0.5) is 0 Å². The first-order chi connectivity index (χ1) is 5.74. The van der Waals surface area contributed by atoms with Crippen LogP contribution in [0.25, 0.3) is 0 Å². The third-order valence-corrected chi connectivity index (χ3v) is 1.02. The molecule has 0 fully saturated rings. The molecular weight excluding hydrogens is 164 g/mol. The molecule has 0 amide bonds. The predicted octanol–water partition coefficient (Wildman–Crippen LogP) is -0.554. The van der Waals surface area contributed by atoms with E-state index in [0.29, 0.717) is 0 Å². The van der Waals surface area contributed by atoms with Crippen LogP contribution in [0.5, 0.6) is 5.75 Å². The molecular formula is C7H10O5. The molecule has 1 heterocycles. The third kappa shape index (κ3) is 2.73. The highest BCUT2D eigenvalue weighted by Gasteiger charge is 1.98. The summed E-state index contributed by atoms with van der Waals surface area (Å²) in [7, 11) is 1.00. The lowest BCUT2D eigenvalue weighted by Crippen LogP contribution is -1.99.